The molecule has 0 aliphatic rings. The van der Waals surface area contributed by atoms with E-state index in [0.717, 1.165) is 0 Å². The number of nitrogens with one attached hydrogen (secondary N) is 1. The number of para-hydroxylation sites is 1. The van der Waals surface area contributed by atoms with Crippen LogP contribution < -0.4 is 5.32 Å². The average molecular weight is 291 g/mol. The third kappa shape index (κ3) is 2.86. The van der Waals surface area contributed by atoms with Crippen LogP contribution in [0.3, 0.4) is 0 Å². The van der Waals surface area contributed by atoms with Crippen molar-refractivity contribution in [1.29, 1.82) is 0 Å². The highest BCUT2D eigenvalue weighted by molar-refractivity contribution is 5.84. The maximum Gasteiger partial charge on any atom is 0.334 e. The van der Waals surface area contributed by atoms with E-state index in [2.05, 4.69) is 5.32 Å². The van der Waals surface area contributed by atoms with Crippen molar-refractivity contribution in [3.8, 4) is 0 Å². The van der Waals surface area contributed by atoms with Gasteiger partial charge in [-0.2, -0.15) is 0 Å². The van der Waals surface area contributed by atoms with Gasteiger partial charge in [0.2, 0.25) is 0 Å². The lowest BCUT2D eigenvalue weighted by Gasteiger charge is -2.31. The molecule has 0 fully saturated rings. The van der Waals surface area contributed by atoms with E-state index >= 15 is 0 Å². The quantitative estimate of drug-likeness (QED) is 0.881. The molecular weight excluding hydrogens is 276 g/mol. The Bertz CT molecular complexity index is 643. The van der Waals surface area contributed by atoms with Gasteiger partial charge < -0.3 is 10.4 Å². The minimum atomic E-state index is -1.52. The third-order valence-electron chi connectivity index (χ3n) is 3.45. The van der Waals surface area contributed by atoms with Crippen LogP contribution in [0.4, 0.5) is 14.5 Å². The Hall–Kier alpha value is -2.43. The Morgan fingerprint density at radius 1 is 1.14 bits per heavy atom. The zero-order chi connectivity index (χ0) is 15.5. The molecule has 0 radical (unpaired) electrons. The van der Waals surface area contributed by atoms with Gasteiger partial charge in [-0.1, -0.05) is 31.2 Å². The second kappa shape index (κ2) is 5.91. The fraction of sp³-hybridized carbons (Fsp3) is 0.188. The summed E-state index contributed by atoms with van der Waals surface area (Å²) in [5.41, 5.74) is -1.07. The molecule has 0 aromatic heterocycles. The van der Waals surface area contributed by atoms with Crippen molar-refractivity contribution in [1.82, 2.24) is 0 Å². The predicted molar refractivity (Wildman–Crippen MR) is 76.0 cm³/mol. The van der Waals surface area contributed by atoms with E-state index in [1.807, 2.05) is 0 Å². The Kier molecular flexibility index (Phi) is 4.21. The Morgan fingerprint density at radius 3 is 2.29 bits per heavy atom. The molecule has 21 heavy (non-hydrogen) atoms. The topological polar surface area (TPSA) is 49.3 Å². The van der Waals surface area contributed by atoms with E-state index in [4.69, 9.17) is 0 Å². The molecule has 0 spiro atoms. The molecule has 1 atom stereocenters. The summed E-state index contributed by atoms with van der Waals surface area (Å²) in [4.78, 5) is 11.8. The molecule has 2 N–H and O–H groups in total. The summed E-state index contributed by atoms with van der Waals surface area (Å²) in [5, 5.41) is 12.4. The lowest BCUT2D eigenvalue weighted by atomic mass is 9.86. The molecule has 3 nitrogen and oxygen atoms in total. The summed E-state index contributed by atoms with van der Waals surface area (Å²) < 4.78 is 26.8. The summed E-state index contributed by atoms with van der Waals surface area (Å²) in [5.74, 6) is -2.15. The van der Waals surface area contributed by atoms with Crippen molar-refractivity contribution in [3.63, 3.8) is 0 Å². The van der Waals surface area contributed by atoms with Crippen LogP contribution in [0, 0.1) is 11.6 Å². The molecule has 0 amide bonds. The van der Waals surface area contributed by atoms with Crippen molar-refractivity contribution in [2.24, 2.45) is 0 Å². The van der Waals surface area contributed by atoms with E-state index in [0.29, 0.717) is 5.56 Å². The predicted octanol–water partition coefficient (Wildman–Crippen LogP) is 3.77. The molecule has 2 aromatic carbocycles. The van der Waals surface area contributed by atoms with Gasteiger partial charge in [0.15, 0.2) is 5.54 Å². The van der Waals surface area contributed by atoms with E-state index in [1.54, 1.807) is 13.0 Å². The fourth-order valence-electron chi connectivity index (χ4n) is 2.22. The lowest BCUT2D eigenvalue weighted by Crippen LogP contribution is -2.43. The van der Waals surface area contributed by atoms with Gasteiger partial charge in [-0.15, -0.1) is 0 Å². The summed E-state index contributed by atoms with van der Waals surface area (Å²) in [6.45, 7) is 1.67. The molecule has 0 saturated heterocycles. The maximum atomic E-state index is 13.8. The summed E-state index contributed by atoms with van der Waals surface area (Å²) in [6.07, 6.45) is 0.169. The highest BCUT2D eigenvalue weighted by Gasteiger charge is 2.39. The van der Waals surface area contributed by atoms with E-state index in [1.165, 1.54) is 42.5 Å². The Balaban J connectivity index is 2.50. The summed E-state index contributed by atoms with van der Waals surface area (Å²) in [6, 6.07) is 11.0. The van der Waals surface area contributed by atoms with Gasteiger partial charge in [0, 0.05) is 0 Å². The number of hydrogen-bond acceptors (Lipinski definition) is 2. The monoisotopic (exact) mass is 291 g/mol. The van der Waals surface area contributed by atoms with Crippen LogP contribution >= 0.6 is 0 Å². The number of anilines is 1. The molecule has 0 aliphatic heterocycles. The van der Waals surface area contributed by atoms with Gasteiger partial charge in [-0.05, 0) is 36.2 Å². The molecule has 0 heterocycles. The van der Waals surface area contributed by atoms with Crippen molar-refractivity contribution >= 4 is 11.7 Å². The smallest absolute Gasteiger partial charge is 0.334 e. The van der Waals surface area contributed by atoms with Gasteiger partial charge in [0.25, 0.3) is 0 Å². The number of carboxylic acid groups (broad SMARTS) is 1. The van der Waals surface area contributed by atoms with Crippen LogP contribution in [-0.2, 0) is 10.3 Å². The highest BCUT2D eigenvalue weighted by atomic mass is 19.1. The van der Waals surface area contributed by atoms with Crippen LogP contribution in [0.15, 0.2) is 48.5 Å². The number of carboxylic acids is 1. The van der Waals surface area contributed by atoms with E-state index < -0.39 is 23.1 Å². The van der Waals surface area contributed by atoms with Crippen molar-refractivity contribution < 1.29 is 18.7 Å². The zero-order valence-electron chi connectivity index (χ0n) is 11.4. The number of rotatable bonds is 5. The standard InChI is InChI=1S/C16H15F2NO2/c1-2-16(15(20)21,11-7-9-12(17)10-8-11)19-14-6-4-3-5-13(14)18/h3-10,19H,2H2,1H3,(H,20,21). The van der Waals surface area contributed by atoms with Gasteiger partial charge in [-0.25, -0.2) is 13.6 Å². The third-order valence-corrected chi connectivity index (χ3v) is 3.45. The second-order valence-electron chi connectivity index (χ2n) is 4.68. The second-order valence-corrected chi connectivity index (χ2v) is 4.68. The van der Waals surface area contributed by atoms with Gasteiger partial charge in [-0.3, -0.25) is 0 Å². The van der Waals surface area contributed by atoms with Crippen LogP contribution in [0.25, 0.3) is 0 Å². The first-order valence-electron chi connectivity index (χ1n) is 6.52. The van der Waals surface area contributed by atoms with E-state index in [9.17, 15) is 18.7 Å². The van der Waals surface area contributed by atoms with Crippen molar-refractivity contribution in [2.75, 3.05) is 5.32 Å². The zero-order valence-corrected chi connectivity index (χ0v) is 11.4. The van der Waals surface area contributed by atoms with Crippen molar-refractivity contribution in [3.05, 3.63) is 65.7 Å². The molecule has 110 valence electrons. The molecule has 5 heteroatoms. The van der Waals surface area contributed by atoms with Crippen LogP contribution in [0.5, 0.6) is 0 Å². The molecule has 2 aromatic rings. The fourth-order valence-corrected chi connectivity index (χ4v) is 2.22. The molecule has 0 saturated carbocycles. The highest BCUT2D eigenvalue weighted by Crippen LogP contribution is 2.31. The summed E-state index contributed by atoms with van der Waals surface area (Å²) >= 11 is 0. The Morgan fingerprint density at radius 2 is 1.76 bits per heavy atom. The summed E-state index contributed by atoms with van der Waals surface area (Å²) in [7, 11) is 0. The van der Waals surface area contributed by atoms with Gasteiger partial charge in [0.05, 0.1) is 5.69 Å². The molecule has 1 unspecified atom stereocenters. The largest absolute Gasteiger partial charge is 0.479 e. The minimum Gasteiger partial charge on any atom is -0.479 e. The van der Waals surface area contributed by atoms with Crippen LogP contribution in [0.1, 0.15) is 18.9 Å². The number of halogens is 2. The van der Waals surface area contributed by atoms with Crippen LogP contribution in [0.2, 0.25) is 0 Å². The Labute approximate surface area is 121 Å². The van der Waals surface area contributed by atoms with Gasteiger partial charge in [0.1, 0.15) is 11.6 Å². The average Bonchev–Trinajstić information content (AvgIpc) is 2.47. The molecule has 0 aliphatic carbocycles. The SMILES string of the molecule is CCC(Nc1ccccc1F)(C(=O)O)c1ccc(F)cc1. The molecule has 2 rings (SSSR count). The number of benzene rings is 2. The first-order chi connectivity index (χ1) is 9.99. The molecule has 0 bridgehead atoms. The minimum absolute atomic E-state index is 0.0890. The molecular formula is C16H15F2NO2. The van der Waals surface area contributed by atoms with E-state index in [-0.39, 0.29) is 12.1 Å². The first-order valence-corrected chi connectivity index (χ1v) is 6.52. The number of carbonyl (C=O) groups is 1. The first kappa shape index (κ1) is 15.0. The van der Waals surface area contributed by atoms with Crippen LogP contribution in [-0.4, -0.2) is 11.1 Å². The number of aliphatic carboxylic acids is 1. The van der Waals surface area contributed by atoms with Crippen molar-refractivity contribution in [2.45, 2.75) is 18.9 Å². The number of hydrogen-bond donors (Lipinski definition) is 2. The lowest BCUT2D eigenvalue weighted by molar-refractivity contribution is -0.142. The van der Waals surface area contributed by atoms with Gasteiger partial charge >= 0.3 is 5.97 Å². The normalized spacial score (nSPS) is 13.5. The maximum absolute atomic E-state index is 13.8.